The third kappa shape index (κ3) is 3.52. The van der Waals surface area contributed by atoms with Crippen LogP contribution in [0.2, 0.25) is 5.02 Å². The molecule has 1 fully saturated rings. The zero-order chi connectivity index (χ0) is 19.0. The summed E-state index contributed by atoms with van der Waals surface area (Å²) in [5, 5.41) is 1.67. The molecule has 0 spiro atoms. The second-order valence-corrected chi connectivity index (χ2v) is 9.03. The standard InChI is InChI=1S/C20H20ClN3O2S/c1-15-14-20(22-19-5-3-2-4-18(15)19)23-10-12-24(13-11-23)27(25,26)17-8-6-16(21)7-9-17/h2-9,14H,10-13H2,1H3. The molecule has 3 aromatic rings. The first kappa shape index (κ1) is 18.2. The van der Waals surface area contributed by atoms with E-state index >= 15 is 0 Å². The van der Waals surface area contributed by atoms with Gasteiger partial charge in [0.2, 0.25) is 10.0 Å². The summed E-state index contributed by atoms with van der Waals surface area (Å²) >= 11 is 5.87. The topological polar surface area (TPSA) is 53.5 Å². The van der Waals surface area contributed by atoms with E-state index < -0.39 is 10.0 Å². The summed E-state index contributed by atoms with van der Waals surface area (Å²) in [5.41, 5.74) is 2.13. The van der Waals surface area contributed by atoms with Gasteiger partial charge in [-0.15, -0.1) is 0 Å². The van der Waals surface area contributed by atoms with Crippen LogP contribution in [-0.2, 0) is 10.0 Å². The van der Waals surface area contributed by atoms with Crippen LogP contribution in [0.5, 0.6) is 0 Å². The van der Waals surface area contributed by atoms with Crippen molar-refractivity contribution in [3.05, 3.63) is 65.2 Å². The van der Waals surface area contributed by atoms with Crippen LogP contribution in [0.3, 0.4) is 0 Å². The second-order valence-electron chi connectivity index (χ2n) is 6.66. The quantitative estimate of drug-likeness (QED) is 0.671. The Morgan fingerprint density at radius 3 is 2.33 bits per heavy atom. The van der Waals surface area contributed by atoms with Crippen LogP contribution in [-0.4, -0.2) is 43.9 Å². The normalized spacial score (nSPS) is 16.0. The molecule has 5 nitrogen and oxygen atoms in total. The highest BCUT2D eigenvalue weighted by molar-refractivity contribution is 7.89. The second kappa shape index (κ2) is 7.11. The van der Waals surface area contributed by atoms with Gasteiger partial charge in [0.1, 0.15) is 5.82 Å². The maximum atomic E-state index is 12.8. The van der Waals surface area contributed by atoms with Gasteiger partial charge < -0.3 is 4.90 Å². The number of aromatic nitrogens is 1. The van der Waals surface area contributed by atoms with Crippen molar-refractivity contribution in [2.45, 2.75) is 11.8 Å². The molecular formula is C20H20ClN3O2S. The number of halogens is 1. The largest absolute Gasteiger partial charge is 0.354 e. The van der Waals surface area contributed by atoms with Crippen LogP contribution in [0.1, 0.15) is 5.56 Å². The van der Waals surface area contributed by atoms with E-state index in [9.17, 15) is 8.42 Å². The molecule has 140 valence electrons. The number of anilines is 1. The number of para-hydroxylation sites is 1. The van der Waals surface area contributed by atoms with Crippen molar-refractivity contribution in [2.24, 2.45) is 0 Å². The number of benzene rings is 2. The maximum absolute atomic E-state index is 12.8. The summed E-state index contributed by atoms with van der Waals surface area (Å²) in [7, 11) is -3.50. The summed E-state index contributed by atoms with van der Waals surface area (Å²) in [5.74, 6) is 0.898. The fourth-order valence-corrected chi connectivity index (χ4v) is 4.96. The lowest BCUT2D eigenvalue weighted by atomic mass is 10.1. The highest BCUT2D eigenvalue weighted by atomic mass is 35.5. The SMILES string of the molecule is Cc1cc(N2CCN(S(=O)(=O)c3ccc(Cl)cc3)CC2)nc2ccccc12. The Morgan fingerprint density at radius 1 is 0.963 bits per heavy atom. The highest BCUT2D eigenvalue weighted by Gasteiger charge is 2.29. The van der Waals surface area contributed by atoms with Gasteiger partial charge in [-0.1, -0.05) is 29.8 Å². The fraction of sp³-hybridized carbons (Fsp3) is 0.250. The van der Waals surface area contributed by atoms with Gasteiger partial charge in [0.15, 0.2) is 0 Å². The van der Waals surface area contributed by atoms with Crippen LogP contribution in [0.25, 0.3) is 10.9 Å². The maximum Gasteiger partial charge on any atom is 0.243 e. The number of hydrogen-bond acceptors (Lipinski definition) is 4. The van der Waals surface area contributed by atoms with E-state index in [-0.39, 0.29) is 4.90 Å². The Morgan fingerprint density at radius 2 is 1.63 bits per heavy atom. The summed E-state index contributed by atoms with van der Waals surface area (Å²) in [4.78, 5) is 7.18. The molecule has 1 aliphatic rings. The van der Waals surface area contributed by atoms with E-state index in [4.69, 9.17) is 16.6 Å². The van der Waals surface area contributed by atoms with Gasteiger partial charge in [-0.3, -0.25) is 0 Å². The zero-order valence-corrected chi connectivity index (χ0v) is 16.5. The predicted molar refractivity (Wildman–Crippen MR) is 109 cm³/mol. The third-order valence-electron chi connectivity index (χ3n) is 4.92. The van der Waals surface area contributed by atoms with Gasteiger partial charge in [-0.2, -0.15) is 4.31 Å². The first-order valence-electron chi connectivity index (χ1n) is 8.82. The van der Waals surface area contributed by atoms with E-state index in [0.717, 1.165) is 16.7 Å². The third-order valence-corrected chi connectivity index (χ3v) is 7.09. The van der Waals surface area contributed by atoms with Gasteiger partial charge in [0, 0.05) is 36.6 Å². The molecule has 1 aliphatic heterocycles. The molecule has 0 radical (unpaired) electrons. The number of fused-ring (bicyclic) bond motifs is 1. The van der Waals surface area contributed by atoms with E-state index in [1.165, 1.54) is 9.87 Å². The molecule has 0 bridgehead atoms. The number of aryl methyl sites for hydroxylation is 1. The van der Waals surface area contributed by atoms with E-state index in [0.29, 0.717) is 31.2 Å². The molecule has 0 amide bonds. The lowest BCUT2D eigenvalue weighted by Crippen LogP contribution is -2.48. The van der Waals surface area contributed by atoms with Gasteiger partial charge in [-0.25, -0.2) is 13.4 Å². The van der Waals surface area contributed by atoms with E-state index in [1.807, 2.05) is 18.2 Å². The van der Waals surface area contributed by atoms with Crippen molar-refractivity contribution in [3.8, 4) is 0 Å². The minimum absolute atomic E-state index is 0.278. The minimum atomic E-state index is -3.50. The minimum Gasteiger partial charge on any atom is -0.354 e. The Kier molecular flexibility index (Phi) is 4.80. The number of sulfonamides is 1. The van der Waals surface area contributed by atoms with Crippen molar-refractivity contribution in [2.75, 3.05) is 31.1 Å². The molecule has 0 unspecified atom stereocenters. The molecule has 7 heteroatoms. The average molecular weight is 402 g/mol. The number of hydrogen-bond donors (Lipinski definition) is 0. The summed E-state index contributed by atoms with van der Waals surface area (Å²) in [6.07, 6.45) is 0. The number of nitrogens with zero attached hydrogens (tertiary/aromatic N) is 3. The Bertz CT molecular complexity index is 1080. The van der Waals surface area contributed by atoms with Gasteiger partial charge in [0.05, 0.1) is 10.4 Å². The molecule has 4 rings (SSSR count). The van der Waals surface area contributed by atoms with Gasteiger partial charge in [-0.05, 0) is 48.9 Å². The van der Waals surface area contributed by atoms with Crippen LogP contribution < -0.4 is 4.90 Å². The first-order valence-corrected chi connectivity index (χ1v) is 10.6. The van der Waals surface area contributed by atoms with Gasteiger partial charge >= 0.3 is 0 Å². The fourth-order valence-electron chi connectivity index (χ4n) is 3.41. The van der Waals surface area contributed by atoms with Crippen molar-refractivity contribution in [1.29, 1.82) is 0 Å². The van der Waals surface area contributed by atoms with Crippen LogP contribution in [0.15, 0.2) is 59.5 Å². The molecule has 0 aliphatic carbocycles. The van der Waals surface area contributed by atoms with Crippen molar-refractivity contribution < 1.29 is 8.42 Å². The zero-order valence-electron chi connectivity index (χ0n) is 15.0. The number of pyridine rings is 1. The molecule has 0 N–H and O–H groups in total. The molecule has 2 aromatic carbocycles. The molecule has 0 saturated carbocycles. The molecule has 27 heavy (non-hydrogen) atoms. The number of piperazine rings is 1. The van der Waals surface area contributed by atoms with Crippen molar-refractivity contribution in [1.82, 2.24) is 9.29 Å². The summed E-state index contributed by atoms with van der Waals surface area (Å²) in [6, 6.07) is 16.5. The van der Waals surface area contributed by atoms with Crippen LogP contribution in [0, 0.1) is 6.92 Å². The summed E-state index contributed by atoms with van der Waals surface area (Å²) in [6.45, 7) is 4.15. The molecule has 1 saturated heterocycles. The van der Waals surface area contributed by atoms with Crippen molar-refractivity contribution >= 4 is 38.3 Å². The molecule has 1 aromatic heterocycles. The highest BCUT2D eigenvalue weighted by Crippen LogP contribution is 2.25. The van der Waals surface area contributed by atoms with Crippen LogP contribution >= 0.6 is 11.6 Å². The Labute approximate surface area is 164 Å². The lowest BCUT2D eigenvalue weighted by molar-refractivity contribution is 0.384. The predicted octanol–water partition coefficient (Wildman–Crippen LogP) is 3.71. The Hall–Kier alpha value is -2.15. The van der Waals surface area contributed by atoms with E-state index in [2.05, 4.69) is 24.0 Å². The van der Waals surface area contributed by atoms with Crippen LogP contribution in [0.4, 0.5) is 5.82 Å². The Balaban J connectivity index is 1.53. The molecular weight excluding hydrogens is 382 g/mol. The average Bonchev–Trinajstić information content (AvgIpc) is 2.68. The smallest absolute Gasteiger partial charge is 0.243 e. The molecule has 0 atom stereocenters. The summed E-state index contributed by atoms with van der Waals surface area (Å²) < 4.78 is 27.2. The molecule has 2 heterocycles. The first-order chi connectivity index (χ1) is 12.9. The number of rotatable bonds is 3. The monoisotopic (exact) mass is 401 g/mol. The lowest BCUT2D eigenvalue weighted by Gasteiger charge is -2.35. The van der Waals surface area contributed by atoms with E-state index in [1.54, 1.807) is 24.3 Å². The van der Waals surface area contributed by atoms with Crippen molar-refractivity contribution in [3.63, 3.8) is 0 Å². The van der Waals surface area contributed by atoms with Gasteiger partial charge in [0.25, 0.3) is 0 Å².